The Morgan fingerprint density at radius 2 is 1.75 bits per heavy atom. The zero-order valence-corrected chi connectivity index (χ0v) is 11.6. The van der Waals surface area contributed by atoms with E-state index in [9.17, 15) is 18.3 Å². The summed E-state index contributed by atoms with van der Waals surface area (Å²) in [4.78, 5) is 10.7. The van der Waals surface area contributed by atoms with Crippen LogP contribution in [0.15, 0.2) is 24.3 Å². The van der Waals surface area contributed by atoms with Crippen LogP contribution in [0.1, 0.15) is 36.0 Å². The Hall–Kier alpha value is -1.60. The first kappa shape index (κ1) is 14.8. The van der Waals surface area contributed by atoms with Crippen LogP contribution >= 0.6 is 0 Å². The van der Waals surface area contributed by atoms with E-state index in [-0.39, 0.29) is 5.56 Å². The molecule has 0 radical (unpaired) electrons. The van der Waals surface area contributed by atoms with Gasteiger partial charge in [0.25, 0.3) is 0 Å². The fraction of sp³-hybridized carbons (Fsp3) is 0.462. The summed E-state index contributed by atoms with van der Waals surface area (Å²) in [5.41, 5.74) is 0.387. The summed E-state index contributed by atoms with van der Waals surface area (Å²) in [5.74, 6) is -1.07. The highest BCUT2D eigenvalue weighted by atomic mass is 32.2. The molecule has 1 aromatic carbocycles. The molecular weight excluding hydrogens is 282 g/mol. The van der Waals surface area contributed by atoms with E-state index >= 15 is 0 Å². The number of anilines is 1. The average Bonchev–Trinajstić information content (AvgIpc) is 2.39. The molecule has 0 spiro atoms. The van der Waals surface area contributed by atoms with E-state index in [4.69, 9.17) is 5.11 Å². The van der Waals surface area contributed by atoms with Gasteiger partial charge in [-0.05, 0) is 37.1 Å². The van der Waals surface area contributed by atoms with Crippen molar-refractivity contribution in [3.8, 4) is 0 Å². The molecule has 0 heterocycles. The maximum absolute atomic E-state index is 12.2. The number of aliphatic hydroxyl groups excluding tert-OH is 1. The summed E-state index contributed by atoms with van der Waals surface area (Å²) in [6, 6.07) is 5.46. The summed E-state index contributed by atoms with van der Waals surface area (Å²) < 4.78 is 26.8. The number of rotatable bonds is 4. The van der Waals surface area contributed by atoms with E-state index in [1.165, 1.54) is 24.3 Å². The Balaban J connectivity index is 2.13. The highest BCUT2D eigenvalue weighted by Crippen LogP contribution is 2.25. The molecule has 7 heteroatoms. The van der Waals surface area contributed by atoms with Crippen LogP contribution in [0.2, 0.25) is 0 Å². The number of aliphatic hydroxyl groups is 1. The quantitative estimate of drug-likeness (QED) is 0.780. The predicted molar refractivity (Wildman–Crippen MR) is 74.2 cm³/mol. The number of hydrogen-bond donors (Lipinski definition) is 3. The average molecular weight is 299 g/mol. The van der Waals surface area contributed by atoms with E-state index in [1.54, 1.807) is 0 Å². The first-order valence-corrected chi connectivity index (χ1v) is 7.98. The molecule has 0 bridgehead atoms. The second-order valence-electron chi connectivity index (χ2n) is 4.92. The topological polar surface area (TPSA) is 104 Å². The lowest BCUT2D eigenvalue weighted by molar-refractivity contribution is 0.0697. The third kappa shape index (κ3) is 3.29. The van der Waals surface area contributed by atoms with Crippen LogP contribution in [-0.4, -0.2) is 36.0 Å². The molecule has 2 atom stereocenters. The number of benzene rings is 1. The molecule has 2 rings (SSSR count). The maximum Gasteiger partial charge on any atom is 0.335 e. The van der Waals surface area contributed by atoms with Crippen molar-refractivity contribution in [2.45, 2.75) is 37.0 Å². The minimum Gasteiger partial charge on any atom is -0.478 e. The summed E-state index contributed by atoms with van der Waals surface area (Å²) in [5, 5.41) is 17.8. The van der Waals surface area contributed by atoms with Gasteiger partial charge in [0, 0.05) is 5.69 Å². The van der Waals surface area contributed by atoms with Gasteiger partial charge in [-0.3, -0.25) is 4.72 Å². The zero-order chi connectivity index (χ0) is 14.8. The van der Waals surface area contributed by atoms with Crippen LogP contribution < -0.4 is 4.72 Å². The molecule has 0 amide bonds. The van der Waals surface area contributed by atoms with E-state index < -0.39 is 27.3 Å². The third-order valence-electron chi connectivity index (χ3n) is 3.46. The smallest absolute Gasteiger partial charge is 0.335 e. The van der Waals surface area contributed by atoms with Crippen LogP contribution in [0.5, 0.6) is 0 Å². The Kier molecular flexibility index (Phi) is 4.29. The van der Waals surface area contributed by atoms with E-state index in [0.717, 1.165) is 12.8 Å². The van der Waals surface area contributed by atoms with Crippen LogP contribution in [0.4, 0.5) is 5.69 Å². The molecule has 1 fully saturated rings. The molecule has 1 aliphatic rings. The SMILES string of the molecule is O=C(O)c1ccc(NS(=O)(=O)[C@@H]2CCCC[C@@H]2O)cc1. The predicted octanol–water partition coefficient (Wildman–Crippen LogP) is 1.43. The van der Waals surface area contributed by atoms with Crippen molar-refractivity contribution in [3.63, 3.8) is 0 Å². The van der Waals surface area contributed by atoms with Gasteiger partial charge in [0.05, 0.1) is 11.7 Å². The Morgan fingerprint density at radius 1 is 1.15 bits per heavy atom. The van der Waals surface area contributed by atoms with E-state index in [0.29, 0.717) is 18.5 Å². The van der Waals surface area contributed by atoms with Crippen molar-refractivity contribution in [2.24, 2.45) is 0 Å². The molecule has 1 saturated carbocycles. The lowest BCUT2D eigenvalue weighted by Crippen LogP contribution is -2.40. The Morgan fingerprint density at radius 3 is 2.30 bits per heavy atom. The first-order valence-electron chi connectivity index (χ1n) is 6.43. The fourth-order valence-electron chi connectivity index (χ4n) is 2.36. The molecule has 0 saturated heterocycles. The van der Waals surface area contributed by atoms with Crippen molar-refractivity contribution in [3.05, 3.63) is 29.8 Å². The van der Waals surface area contributed by atoms with Gasteiger partial charge < -0.3 is 10.2 Å². The lowest BCUT2D eigenvalue weighted by Gasteiger charge is -2.27. The molecular formula is C13H17NO5S. The molecule has 1 aromatic rings. The minimum absolute atomic E-state index is 0.0886. The molecule has 0 aromatic heterocycles. The molecule has 3 N–H and O–H groups in total. The third-order valence-corrected chi connectivity index (χ3v) is 5.33. The van der Waals surface area contributed by atoms with Crippen LogP contribution in [0.25, 0.3) is 0 Å². The molecule has 6 nitrogen and oxygen atoms in total. The zero-order valence-electron chi connectivity index (χ0n) is 10.8. The van der Waals surface area contributed by atoms with E-state index in [2.05, 4.69) is 4.72 Å². The van der Waals surface area contributed by atoms with Gasteiger partial charge in [0.1, 0.15) is 5.25 Å². The van der Waals surface area contributed by atoms with Gasteiger partial charge in [-0.1, -0.05) is 12.8 Å². The van der Waals surface area contributed by atoms with Gasteiger partial charge >= 0.3 is 5.97 Å². The molecule has 110 valence electrons. The van der Waals surface area contributed by atoms with Gasteiger partial charge in [-0.2, -0.15) is 0 Å². The highest BCUT2D eigenvalue weighted by Gasteiger charge is 2.34. The van der Waals surface area contributed by atoms with Gasteiger partial charge in [-0.25, -0.2) is 13.2 Å². The summed E-state index contributed by atoms with van der Waals surface area (Å²) >= 11 is 0. The van der Waals surface area contributed by atoms with Crippen molar-refractivity contribution in [1.82, 2.24) is 0 Å². The monoisotopic (exact) mass is 299 g/mol. The van der Waals surface area contributed by atoms with Crippen molar-refractivity contribution in [2.75, 3.05) is 4.72 Å². The van der Waals surface area contributed by atoms with Crippen LogP contribution in [0, 0.1) is 0 Å². The van der Waals surface area contributed by atoms with Crippen molar-refractivity contribution < 1.29 is 23.4 Å². The number of nitrogens with one attached hydrogen (secondary N) is 1. The number of hydrogen-bond acceptors (Lipinski definition) is 4. The standard InChI is InChI=1S/C13H17NO5S/c15-11-3-1-2-4-12(11)20(18,19)14-10-7-5-9(6-8-10)13(16)17/h5-8,11-12,14-15H,1-4H2,(H,16,17)/t11-,12+/m0/s1. The summed E-state index contributed by atoms with van der Waals surface area (Å²) in [7, 11) is -3.67. The highest BCUT2D eigenvalue weighted by molar-refractivity contribution is 7.93. The molecule has 1 aliphatic carbocycles. The second-order valence-corrected chi connectivity index (χ2v) is 6.82. The Bertz CT molecular complexity index is 581. The number of carboxylic acid groups (broad SMARTS) is 1. The number of aromatic carboxylic acids is 1. The number of carbonyl (C=O) groups is 1. The molecule has 20 heavy (non-hydrogen) atoms. The second kappa shape index (κ2) is 5.80. The lowest BCUT2D eigenvalue weighted by atomic mass is 9.97. The molecule has 0 unspecified atom stereocenters. The molecule has 0 aliphatic heterocycles. The summed E-state index contributed by atoms with van der Waals surface area (Å²) in [6.07, 6.45) is 1.69. The van der Waals surface area contributed by atoms with Crippen molar-refractivity contribution in [1.29, 1.82) is 0 Å². The maximum atomic E-state index is 12.2. The van der Waals surface area contributed by atoms with Gasteiger partial charge in [0.15, 0.2) is 0 Å². The van der Waals surface area contributed by atoms with E-state index in [1.807, 2.05) is 0 Å². The van der Waals surface area contributed by atoms with Crippen LogP contribution in [0.3, 0.4) is 0 Å². The van der Waals surface area contributed by atoms with Gasteiger partial charge in [-0.15, -0.1) is 0 Å². The minimum atomic E-state index is -3.67. The first-order chi connectivity index (χ1) is 9.40. The van der Waals surface area contributed by atoms with Gasteiger partial charge in [0.2, 0.25) is 10.0 Å². The van der Waals surface area contributed by atoms with Crippen LogP contribution in [-0.2, 0) is 10.0 Å². The Labute approximate surface area is 117 Å². The normalized spacial score (nSPS) is 23.2. The fourth-order valence-corrected chi connectivity index (χ4v) is 4.00. The largest absolute Gasteiger partial charge is 0.478 e. The number of carboxylic acids is 1. The van der Waals surface area contributed by atoms with Crippen molar-refractivity contribution >= 4 is 21.7 Å². The number of sulfonamides is 1. The summed E-state index contributed by atoms with van der Waals surface area (Å²) in [6.45, 7) is 0.